The summed E-state index contributed by atoms with van der Waals surface area (Å²) in [4.78, 5) is 12.5. The third-order valence-corrected chi connectivity index (χ3v) is 8.32. The van der Waals surface area contributed by atoms with Crippen LogP contribution in [-0.4, -0.2) is 28.5 Å². The Kier molecular flexibility index (Phi) is 6.57. The van der Waals surface area contributed by atoms with Crippen molar-refractivity contribution in [3.05, 3.63) is 101 Å². The van der Waals surface area contributed by atoms with Crippen LogP contribution in [0.5, 0.6) is 0 Å². The molecule has 40 heavy (non-hydrogen) atoms. The molecule has 2 heterocycles. The van der Waals surface area contributed by atoms with Gasteiger partial charge in [-0.25, -0.2) is 27.2 Å². The number of nitrogens with zero attached hydrogens (tertiary/aromatic N) is 3. The highest BCUT2D eigenvalue weighted by molar-refractivity contribution is 7.92. The normalized spacial score (nSPS) is 14.8. The first-order valence-electron chi connectivity index (χ1n) is 12.1. The molecule has 0 aliphatic heterocycles. The van der Waals surface area contributed by atoms with E-state index in [1.807, 2.05) is 0 Å². The molecule has 0 bridgehead atoms. The van der Waals surface area contributed by atoms with E-state index < -0.39 is 39.0 Å². The zero-order valence-electron chi connectivity index (χ0n) is 20.6. The van der Waals surface area contributed by atoms with E-state index in [-0.39, 0.29) is 15.5 Å². The number of halogens is 3. The lowest BCUT2D eigenvalue weighted by molar-refractivity contribution is 0.180. The smallest absolute Gasteiger partial charge is 0.262 e. The van der Waals surface area contributed by atoms with Crippen LogP contribution >= 0.6 is 11.6 Å². The average molecular weight is 580 g/mol. The summed E-state index contributed by atoms with van der Waals surface area (Å²) in [5.41, 5.74) is 1.45. The van der Waals surface area contributed by atoms with Gasteiger partial charge in [0.2, 0.25) is 5.95 Å². The van der Waals surface area contributed by atoms with Gasteiger partial charge in [0.05, 0.1) is 27.8 Å². The molecule has 1 unspecified atom stereocenters. The number of nitrogens with one attached hydrogen (secondary N) is 2. The van der Waals surface area contributed by atoms with E-state index >= 15 is 4.39 Å². The lowest BCUT2D eigenvalue weighted by atomic mass is 10.0. The van der Waals surface area contributed by atoms with Gasteiger partial charge in [0.25, 0.3) is 10.0 Å². The van der Waals surface area contributed by atoms with Crippen LogP contribution in [0.1, 0.15) is 23.7 Å². The van der Waals surface area contributed by atoms with Crippen molar-refractivity contribution in [3.63, 3.8) is 0 Å². The number of aliphatic hydroxyl groups is 1. The van der Waals surface area contributed by atoms with Gasteiger partial charge < -0.3 is 10.4 Å². The number of anilines is 3. The minimum atomic E-state index is -4.32. The summed E-state index contributed by atoms with van der Waals surface area (Å²) in [6.07, 6.45) is 4.60. The van der Waals surface area contributed by atoms with Crippen LogP contribution in [0.25, 0.3) is 22.0 Å². The van der Waals surface area contributed by atoms with Crippen molar-refractivity contribution < 1.29 is 22.3 Å². The molecule has 0 saturated heterocycles. The van der Waals surface area contributed by atoms with Gasteiger partial charge in [-0.15, -0.1) is 0 Å². The summed E-state index contributed by atoms with van der Waals surface area (Å²) in [7, 11) is -4.32. The maximum Gasteiger partial charge on any atom is 0.262 e. The van der Waals surface area contributed by atoms with E-state index in [1.165, 1.54) is 30.5 Å². The molecule has 1 aliphatic carbocycles. The van der Waals surface area contributed by atoms with E-state index in [0.717, 1.165) is 17.8 Å². The summed E-state index contributed by atoms with van der Waals surface area (Å²) in [5.74, 6) is -1.62. The van der Waals surface area contributed by atoms with Crippen LogP contribution in [0.2, 0.25) is 5.02 Å². The lowest BCUT2D eigenvalue weighted by Crippen LogP contribution is -2.16. The first-order chi connectivity index (χ1) is 19.2. The van der Waals surface area contributed by atoms with E-state index in [2.05, 4.69) is 25.0 Å². The Hall–Kier alpha value is -4.19. The Labute approximate surface area is 232 Å². The summed E-state index contributed by atoms with van der Waals surface area (Å²) >= 11 is 6.11. The fourth-order valence-electron chi connectivity index (χ4n) is 4.78. The molecule has 0 spiro atoms. The van der Waals surface area contributed by atoms with Crippen molar-refractivity contribution in [2.75, 3.05) is 10.0 Å². The second kappa shape index (κ2) is 10.1. The Balaban J connectivity index is 1.34. The highest BCUT2D eigenvalue weighted by atomic mass is 35.5. The second-order valence-corrected chi connectivity index (χ2v) is 11.3. The number of sulfonamides is 1. The highest BCUT2D eigenvalue weighted by Gasteiger charge is 2.30. The molecule has 1 aliphatic rings. The Morgan fingerprint density at radius 1 is 1.02 bits per heavy atom. The highest BCUT2D eigenvalue weighted by Crippen LogP contribution is 2.39. The van der Waals surface area contributed by atoms with Crippen molar-refractivity contribution in [1.82, 2.24) is 15.0 Å². The summed E-state index contributed by atoms with van der Waals surface area (Å²) in [5, 5.41) is 13.9. The van der Waals surface area contributed by atoms with Crippen LogP contribution in [-0.2, 0) is 16.4 Å². The number of pyridine rings is 1. The molecular weight excluding hydrogens is 560 g/mol. The van der Waals surface area contributed by atoms with Gasteiger partial charge >= 0.3 is 0 Å². The first kappa shape index (κ1) is 26.1. The standard InChI is InChI=1S/C28H20ClF2N5O3S/c29-17-12-20-19(2-6-24(20)37)25(13-17)40(38,39)36-23-5-3-21(30)26(27(23)31)15-1-4-22-16(11-15)14-33-28(35-22)34-18-7-9-32-10-8-18/h1,3-5,7-14,24,36-37H,2,6H2,(H,32,33,34,35). The maximum absolute atomic E-state index is 15.7. The quantitative estimate of drug-likeness (QED) is 0.221. The molecule has 8 nitrogen and oxygen atoms in total. The number of fused-ring (bicyclic) bond motifs is 2. The van der Waals surface area contributed by atoms with Gasteiger partial charge in [-0.05, 0) is 78.1 Å². The van der Waals surface area contributed by atoms with Gasteiger partial charge in [0, 0.05) is 34.7 Å². The van der Waals surface area contributed by atoms with Crippen LogP contribution in [0, 0.1) is 11.6 Å². The van der Waals surface area contributed by atoms with Crippen LogP contribution in [0.3, 0.4) is 0 Å². The first-order valence-corrected chi connectivity index (χ1v) is 14.0. The SMILES string of the molecule is O=S(=O)(Nc1ccc(F)c(-c2ccc3nc(Nc4ccncc4)ncc3c2)c1F)c1cc(Cl)cc2c1CCC2O. The van der Waals surface area contributed by atoms with E-state index in [9.17, 15) is 17.9 Å². The molecule has 202 valence electrons. The molecule has 0 saturated carbocycles. The third-order valence-electron chi connectivity index (χ3n) is 6.66. The van der Waals surface area contributed by atoms with Gasteiger partial charge in [0.15, 0.2) is 5.82 Å². The van der Waals surface area contributed by atoms with Gasteiger partial charge in [-0.1, -0.05) is 17.7 Å². The van der Waals surface area contributed by atoms with Gasteiger partial charge in [0.1, 0.15) is 5.82 Å². The Morgan fingerprint density at radius 3 is 2.62 bits per heavy atom. The van der Waals surface area contributed by atoms with Crippen molar-refractivity contribution in [1.29, 1.82) is 0 Å². The fraction of sp³-hybridized carbons (Fsp3) is 0.107. The summed E-state index contributed by atoms with van der Waals surface area (Å²) in [6.45, 7) is 0. The Morgan fingerprint density at radius 2 is 1.82 bits per heavy atom. The van der Waals surface area contributed by atoms with Gasteiger partial charge in [-0.2, -0.15) is 0 Å². The zero-order valence-corrected chi connectivity index (χ0v) is 22.1. The molecule has 0 amide bonds. The molecule has 3 aromatic carbocycles. The largest absolute Gasteiger partial charge is 0.388 e. The van der Waals surface area contributed by atoms with Crippen LogP contribution in [0.15, 0.2) is 78.1 Å². The molecule has 5 aromatic rings. The van der Waals surface area contributed by atoms with Crippen molar-refractivity contribution in [3.8, 4) is 11.1 Å². The third kappa shape index (κ3) is 4.83. The number of aliphatic hydroxyl groups excluding tert-OH is 1. The van der Waals surface area contributed by atoms with Gasteiger partial charge in [-0.3, -0.25) is 9.71 Å². The summed E-state index contributed by atoms with van der Waals surface area (Å²) < 4.78 is 59.5. The van der Waals surface area contributed by atoms with Crippen LogP contribution in [0.4, 0.5) is 26.1 Å². The molecule has 12 heteroatoms. The second-order valence-electron chi connectivity index (χ2n) is 9.24. The minimum Gasteiger partial charge on any atom is -0.388 e. The number of rotatable bonds is 6. The zero-order chi connectivity index (χ0) is 28.0. The monoisotopic (exact) mass is 579 g/mol. The number of benzene rings is 3. The topological polar surface area (TPSA) is 117 Å². The maximum atomic E-state index is 15.7. The van der Waals surface area contributed by atoms with Crippen molar-refractivity contribution in [2.45, 2.75) is 23.8 Å². The fourth-order valence-corrected chi connectivity index (χ4v) is 6.46. The molecule has 6 rings (SSSR count). The van der Waals surface area contributed by atoms with Crippen LogP contribution < -0.4 is 10.0 Å². The molecule has 0 fully saturated rings. The van der Waals surface area contributed by atoms with Crippen molar-refractivity contribution >= 4 is 49.9 Å². The predicted octanol–water partition coefficient (Wildman–Crippen LogP) is 6.15. The van der Waals surface area contributed by atoms with E-state index in [1.54, 1.807) is 30.6 Å². The molecular formula is C28H20ClF2N5O3S. The average Bonchev–Trinajstić information content (AvgIpc) is 3.30. The summed E-state index contributed by atoms with van der Waals surface area (Å²) in [6, 6.07) is 12.9. The number of aromatic nitrogens is 3. The minimum absolute atomic E-state index is 0.123. The predicted molar refractivity (Wildman–Crippen MR) is 148 cm³/mol. The van der Waals surface area contributed by atoms with E-state index in [0.29, 0.717) is 40.8 Å². The van der Waals surface area contributed by atoms with E-state index in [4.69, 9.17) is 11.6 Å². The number of hydrogen-bond donors (Lipinski definition) is 3. The molecule has 2 aromatic heterocycles. The number of hydrogen-bond acceptors (Lipinski definition) is 7. The molecule has 1 atom stereocenters. The lowest BCUT2D eigenvalue weighted by Gasteiger charge is -2.15. The Bertz CT molecular complexity index is 1890. The molecule has 0 radical (unpaired) electrons. The van der Waals surface area contributed by atoms with Crippen molar-refractivity contribution in [2.24, 2.45) is 0 Å². The molecule has 3 N–H and O–H groups in total.